The molecule has 3 aliphatic rings. The van der Waals surface area contributed by atoms with E-state index in [0.29, 0.717) is 19.5 Å². The number of aromatic nitrogens is 2. The van der Waals surface area contributed by atoms with Crippen molar-refractivity contribution in [3.05, 3.63) is 53.1 Å². The van der Waals surface area contributed by atoms with Gasteiger partial charge in [-0.1, -0.05) is 18.6 Å². The third-order valence-corrected chi connectivity index (χ3v) is 7.02. The second-order valence-corrected chi connectivity index (χ2v) is 8.93. The maximum atomic E-state index is 13.1. The summed E-state index contributed by atoms with van der Waals surface area (Å²) < 4.78 is 13.1. The lowest BCUT2D eigenvalue weighted by atomic mass is 9.91. The van der Waals surface area contributed by atoms with Crippen LogP contribution in [0.15, 0.2) is 30.5 Å². The van der Waals surface area contributed by atoms with Crippen molar-refractivity contribution in [1.82, 2.24) is 19.8 Å². The largest absolute Gasteiger partial charge is 0.342 e. The maximum absolute atomic E-state index is 13.1. The minimum atomic E-state index is -0.278. The van der Waals surface area contributed by atoms with E-state index in [0.717, 1.165) is 67.8 Å². The standard InChI is InChI=1S/C24H30FN5O/c25-20-6-4-18(5-7-20)16-23(31)29-10-8-19-17-26-24(27-22(19)9-11-29)30-14-12-28(13-15-30)21-2-1-3-21/h4-7,17,21H,1-3,8-16H2. The third kappa shape index (κ3) is 4.56. The van der Waals surface area contributed by atoms with Crippen LogP contribution in [0.5, 0.6) is 0 Å². The lowest BCUT2D eigenvalue weighted by Crippen LogP contribution is -2.52. The number of amides is 1. The van der Waals surface area contributed by atoms with E-state index in [9.17, 15) is 9.18 Å². The number of fused-ring (bicyclic) bond motifs is 1. The van der Waals surface area contributed by atoms with E-state index in [4.69, 9.17) is 4.98 Å². The first-order valence-electron chi connectivity index (χ1n) is 11.5. The Labute approximate surface area is 183 Å². The van der Waals surface area contributed by atoms with Crippen LogP contribution >= 0.6 is 0 Å². The Balaban J connectivity index is 1.19. The van der Waals surface area contributed by atoms with Gasteiger partial charge in [-0.2, -0.15) is 0 Å². The predicted octanol–water partition coefficient (Wildman–Crippen LogP) is 2.46. The third-order valence-electron chi connectivity index (χ3n) is 7.02. The van der Waals surface area contributed by atoms with Gasteiger partial charge in [-0.25, -0.2) is 14.4 Å². The molecule has 3 heterocycles. The second kappa shape index (κ2) is 8.91. The van der Waals surface area contributed by atoms with E-state index in [-0.39, 0.29) is 11.7 Å². The fourth-order valence-electron chi connectivity index (χ4n) is 4.79. The Morgan fingerprint density at radius 2 is 1.74 bits per heavy atom. The summed E-state index contributed by atoms with van der Waals surface area (Å²) in [6, 6.07) is 6.98. The highest BCUT2D eigenvalue weighted by Crippen LogP contribution is 2.26. The van der Waals surface area contributed by atoms with Crippen molar-refractivity contribution in [2.45, 2.75) is 44.6 Å². The number of hydrogen-bond donors (Lipinski definition) is 0. The zero-order valence-corrected chi connectivity index (χ0v) is 18.0. The molecule has 2 fully saturated rings. The summed E-state index contributed by atoms with van der Waals surface area (Å²) in [6.07, 6.45) is 7.88. The normalized spacial score (nSPS) is 20.2. The Morgan fingerprint density at radius 3 is 2.45 bits per heavy atom. The molecular weight excluding hydrogens is 393 g/mol. The van der Waals surface area contributed by atoms with Gasteiger partial charge >= 0.3 is 0 Å². The molecule has 1 saturated heterocycles. The summed E-state index contributed by atoms with van der Waals surface area (Å²) in [4.78, 5) is 29.2. The highest BCUT2D eigenvalue weighted by atomic mass is 19.1. The molecule has 0 atom stereocenters. The van der Waals surface area contributed by atoms with Gasteiger partial charge in [0.15, 0.2) is 0 Å². The number of rotatable bonds is 4. The summed E-state index contributed by atoms with van der Waals surface area (Å²) in [7, 11) is 0. The number of anilines is 1. The van der Waals surface area contributed by atoms with Crippen LogP contribution in [0.25, 0.3) is 0 Å². The van der Waals surface area contributed by atoms with Crippen LogP contribution in [-0.2, 0) is 24.1 Å². The van der Waals surface area contributed by atoms with Crippen molar-refractivity contribution in [2.75, 3.05) is 44.2 Å². The summed E-state index contributed by atoms with van der Waals surface area (Å²) in [5.74, 6) is 0.637. The number of benzene rings is 1. The zero-order chi connectivity index (χ0) is 21.2. The minimum Gasteiger partial charge on any atom is -0.342 e. The SMILES string of the molecule is O=C(Cc1ccc(F)cc1)N1CCc2cnc(N3CCN(C4CCC4)CC3)nc2CC1. The molecule has 2 aromatic rings. The quantitative estimate of drug-likeness (QED) is 0.756. The van der Waals surface area contributed by atoms with Gasteiger partial charge in [-0.3, -0.25) is 9.69 Å². The summed E-state index contributed by atoms with van der Waals surface area (Å²) in [5, 5.41) is 0. The topological polar surface area (TPSA) is 52.6 Å². The highest BCUT2D eigenvalue weighted by Gasteiger charge is 2.29. The Kier molecular flexibility index (Phi) is 5.85. The number of hydrogen-bond acceptors (Lipinski definition) is 5. The van der Waals surface area contributed by atoms with Gasteiger partial charge in [-0.15, -0.1) is 0 Å². The fourth-order valence-corrected chi connectivity index (χ4v) is 4.79. The van der Waals surface area contributed by atoms with Crippen LogP contribution in [0, 0.1) is 5.82 Å². The molecule has 0 N–H and O–H groups in total. The monoisotopic (exact) mass is 423 g/mol. The molecule has 0 unspecified atom stereocenters. The average Bonchev–Trinajstić information content (AvgIpc) is 2.97. The molecule has 1 amide bonds. The molecule has 1 aliphatic carbocycles. The zero-order valence-electron chi connectivity index (χ0n) is 18.0. The van der Waals surface area contributed by atoms with Gasteiger partial charge < -0.3 is 9.80 Å². The number of piperazine rings is 1. The Morgan fingerprint density at radius 1 is 1.00 bits per heavy atom. The molecule has 1 saturated carbocycles. The Bertz CT molecular complexity index is 922. The van der Waals surface area contributed by atoms with E-state index in [1.54, 1.807) is 12.1 Å². The lowest BCUT2D eigenvalue weighted by molar-refractivity contribution is -0.130. The van der Waals surface area contributed by atoms with Gasteiger partial charge in [-0.05, 0) is 42.5 Å². The van der Waals surface area contributed by atoms with Crippen molar-refractivity contribution in [3.63, 3.8) is 0 Å². The molecule has 6 nitrogen and oxygen atoms in total. The van der Waals surface area contributed by atoms with Crippen molar-refractivity contribution in [1.29, 1.82) is 0 Å². The Hall–Kier alpha value is -2.54. The van der Waals surface area contributed by atoms with Crippen molar-refractivity contribution in [3.8, 4) is 0 Å². The number of nitrogens with zero attached hydrogens (tertiary/aromatic N) is 5. The molecule has 31 heavy (non-hydrogen) atoms. The molecule has 0 radical (unpaired) electrons. The minimum absolute atomic E-state index is 0.0831. The van der Waals surface area contributed by atoms with Gasteiger partial charge in [0.05, 0.1) is 12.1 Å². The number of carbonyl (C=O) groups is 1. The van der Waals surface area contributed by atoms with Gasteiger partial charge in [0.1, 0.15) is 5.82 Å². The molecule has 0 bridgehead atoms. The summed E-state index contributed by atoms with van der Waals surface area (Å²) >= 11 is 0. The molecular formula is C24H30FN5O. The van der Waals surface area contributed by atoms with Crippen LogP contribution in [0.3, 0.4) is 0 Å². The van der Waals surface area contributed by atoms with E-state index in [1.807, 2.05) is 11.1 Å². The molecule has 0 spiro atoms. The van der Waals surface area contributed by atoms with Crippen LogP contribution in [-0.4, -0.2) is 71.0 Å². The molecule has 7 heteroatoms. The smallest absolute Gasteiger partial charge is 0.227 e. The van der Waals surface area contributed by atoms with Gasteiger partial charge in [0.25, 0.3) is 0 Å². The lowest BCUT2D eigenvalue weighted by Gasteiger charge is -2.43. The number of halogens is 1. The van der Waals surface area contributed by atoms with E-state index in [1.165, 1.54) is 31.4 Å². The van der Waals surface area contributed by atoms with E-state index < -0.39 is 0 Å². The summed E-state index contributed by atoms with van der Waals surface area (Å²) in [5.41, 5.74) is 3.06. The van der Waals surface area contributed by atoms with Crippen molar-refractivity contribution < 1.29 is 9.18 Å². The molecule has 1 aromatic heterocycles. The van der Waals surface area contributed by atoms with Crippen LogP contribution < -0.4 is 4.90 Å². The van der Waals surface area contributed by atoms with Crippen LogP contribution in [0.4, 0.5) is 10.3 Å². The first kappa shape index (κ1) is 20.4. The van der Waals surface area contributed by atoms with Crippen LogP contribution in [0.2, 0.25) is 0 Å². The van der Waals surface area contributed by atoms with E-state index in [2.05, 4.69) is 14.8 Å². The molecule has 5 rings (SSSR count). The highest BCUT2D eigenvalue weighted by molar-refractivity contribution is 5.78. The second-order valence-electron chi connectivity index (χ2n) is 8.93. The number of carbonyl (C=O) groups excluding carboxylic acids is 1. The molecule has 1 aromatic carbocycles. The first-order chi connectivity index (χ1) is 15.2. The average molecular weight is 424 g/mol. The predicted molar refractivity (Wildman–Crippen MR) is 118 cm³/mol. The van der Waals surface area contributed by atoms with Gasteiger partial charge in [0.2, 0.25) is 11.9 Å². The maximum Gasteiger partial charge on any atom is 0.227 e. The van der Waals surface area contributed by atoms with E-state index >= 15 is 0 Å². The van der Waals surface area contributed by atoms with Crippen LogP contribution in [0.1, 0.15) is 36.1 Å². The molecule has 2 aliphatic heterocycles. The van der Waals surface area contributed by atoms with Gasteiger partial charge in [0, 0.05) is 57.9 Å². The summed E-state index contributed by atoms with van der Waals surface area (Å²) in [6.45, 7) is 5.50. The first-order valence-corrected chi connectivity index (χ1v) is 11.5. The fraction of sp³-hybridized carbons (Fsp3) is 0.542. The molecule has 164 valence electrons. The van der Waals surface area contributed by atoms with Crippen molar-refractivity contribution in [2.24, 2.45) is 0 Å². The van der Waals surface area contributed by atoms with Crippen molar-refractivity contribution >= 4 is 11.9 Å².